The number of carbonyl (C=O) groups excluding carboxylic acids is 2. The molecule has 0 aliphatic heterocycles. The van der Waals surface area contributed by atoms with Crippen molar-refractivity contribution < 1.29 is 19.5 Å². The molecule has 2 amide bonds. The van der Waals surface area contributed by atoms with E-state index in [1.807, 2.05) is 13.8 Å². The molecular weight excluding hydrogens is 367 g/mol. The number of hydrogen-bond acceptors (Lipinski definition) is 3. The maximum Gasteiger partial charge on any atom is 0.326 e. The fraction of sp³-hybridized carbons (Fsp3) is 0.471. The molecule has 1 aromatic rings. The van der Waals surface area contributed by atoms with Crippen LogP contribution in [0.1, 0.15) is 32.3 Å². The van der Waals surface area contributed by atoms with Gasteiger partial charge < -0.3 is 15.7 Å². The van der Waals surface area contributed by atoms with Crippen LogP contribution in [0.4, 0.5) is 0 Å². The molecule has 0 spiro atoms. The zero-order chi connectivity index (χ0) is 19.0. The Labute approximate surface area is 156 Å². The van der Waals surface area contributed by atoms with E-state index >= 15 is 0 Å². The van der Waals surface area contributed by atoms with Gasteiger partial charge in [-0.2, -0.15) is 0 Å². The summed E-state index contributed by atoms with van der Waals surface area (Å²) >= 11 is 11.8. The zero-order valence-electron chi connectivity index (χ0n) is 14.1. The van der Waals surface area contributed by atoms with Crippen molar-refractivity contribution in [1.82, 2.24) is 10.6 Å². The minimum atomic E-state index is -1.09. The molecule has 0 unspecified atom stereocenters. The third kappa shape index (κ3) is 8.23. The molecule has 0 radical (unpaired) electrons. The lowest BCUT2D eigenvalue weighted by Crippen LogP contribution is -2.46. The first-order chi connectivity index (χ1) is 11.7. The fourth-order valence-corrected chi connectivity index (χ4v) is 2.68. The lowest BCUT2D eigenvalue weighted by atomic mass is 10.0. The van der Waals surface area contributed by atoms with Gasteiger partial charge in [0.15, 0.2) is 0 Å². The molecule has 0 aromatic heterocycles. The van der Waals surface area contributed by atoms with Gasteiger partial charge in [0.1, 0.15) is 6.04 Å². The van der Waals surface area contributed by atoms with Gasteiger partial charge in [0, 0.05) is 16.5 Å². The maximum atomic E-state index is 11.8. The number of aliphatic carboxylic acids is 1. The molecule has 1 atom stereocenters. The van der Waals surface area contributed by atoms with Gasteiger partial charge in [-0.3, -0.25) is 9.59 Å². The lowest BCUT2D eigenvalue weighted by molar-refractivity contribution is -0.142. The molecule has 1 rings (SSSR count). The van der Waals surface area contributed by atoms with Crippen molar-refractivity contribution in [3.63, 3.8) is 0 Å². The van der Waals surface area contributed by atoms with Crippen molar-refractivity contribution >= 4 is 41.0 Å². The van der Waals surface area contributed by atoms with Gasteiger partial charge in [-0.1, -0.05) is 43.1 Å². The largest absolute Gasteiger partial charge is 0.480 e. The quantitative estimate of drug-likeness (QED) is 0.605. The van der Waals surface area contributed by atoms with E-state index in [1.165, 1.54) is 0 Å². The summed E-state index contributed by atoms with van der Waals surface area (Å²) < 4.78 is 0. The minimum Gasteiger partial charge on any atom is -0.480 e. The Hall–Kier alpha value is -1.79. The second-order valence-electron chi connectivity index (χ2n) is 6.10. The minimum absolute atomic E-state index is 0.125. The van der Waals surface area contributed by atoms with E-state index in [9.17, 15) is 14.4 Å². The Morgan fingerprint density at radius 2 is 1.84 bits per heavy atom. The monoisotopic (exact) mass is 388 g/mol. The number of hydrogen-bond donors (Lipinski definition) is 3. The SMILES string of the molecule is CC(C)C[C@H](NC(=O)CNC(=O)CCc1ccc(Cl)cc1Cl)C(=O)O. The van der Waals surface area contributed by atoms with E-state index in [0.717, 1.165) is 5.56 Å². The normalized spacial score (nSPS) is 11.9. The molecular formula is C17H22Cl2N2O4. The third-order valence-corrected chi connectivity index (χ3v) is 4.01. The Morgan fingerprint density at radius 3 is 2.40 bits per heavy atom. The first-order valence-electron chi connectivity index (χ1n) is 7.91. The van der Waals surface area contributed by atoms with Gasteiger partial charge >= 0.3 is 5.97 Å². The molecule has 0 bridgehead atoms. The van der Waals surface area contributed by atoms with E-state index in [1.54, 1.807) is 18.2 Å². The van der Waals surface area contributed by atoms with Gasteiger partial charge in [0.25, 0.3) is 0 Å². The Balaban J connectivity index is 2.39. The summed E-state index contributed by atoms with van der Waals surface area (Å²) in [6.07, 6.45) is 0.891. The highest BCUT2D eigenvalue weighted by atomic mass is 35.5. The molecule has 0 saturated carbocycles. The zero-order valence-corrected chi connectivity index (χ0v) is 15.7. The van der Waals surface area contributed by atoms with Crippen molar-refractivity contribution in [3.8, 4) is 0 Å². The summed E-state index contributed by atoms with van der Waals surface area (Å²) in [6, 6.07) is 4.07. The molecule has 3 N–H and O–H groups in total. The molecule has 0 saturated heterocycles. The average molecular weight is 389 g/mol. The molecule has 6 nitrogen and oxygen atoms in total. The Bertz CT molecular complexity index is 635. The number of carboxylic acids is 1. The van der Waals surface area contributed by atoms with Crippen molar-refractivity contribution in [1.29, 1.82) is 0 Å². The van der Waals surface area contributed by atoms with Crippen LogP contribution in [0.5, 0.6) is 0 Å². The number of benzene rings is 1. The van der Waals surface area contributed by atoms with Crippen molar-refractivity contribution in [2.45, 2.75) is 39.2 Å². The van der Waals surface area contributed by atoms with Crippen LogP contribution in [0.25, 0.3) is 0 Å². The maximum absolute atomic E-state index is 11.8. The van der Waals surface area contributed by atoms with Crippen LogP contribution in [0.2, 0.25) is 10.0 Å². The van der Waals surface area contributed by atoms with Crippen molar-refractivity contribution in [2.24, 2.45) is 5.92 Å². The molecule has 0 heterocycles. The van der Waals surface area contributed by atoms with Gasteiger partial charge in [-0.25, -0.2) is 4.79 Å². The van der Waals surface area contributed by atoms with Crippen LogP contribution < -0.4 is 10.6 Å². The predicted octanol–water partition coefficient (Wildman–Crippen LogP) is 2.66. The standard InChI is InChI=1S/C17H22Cl2N2O4/c1-10(2)7-14(17(24)25)21-16(23)9-20-15(22)6-4-11-3-5-12(18)8-13(11)19/h3,5,8,10,14H,4,6-7,9H2,1-2H3,(H,20,22)(H,21,23)(H,24,25)/t14-/m0/s1. The number of amides is 2. The number of rotatable bonds is 9. The van der Waals surface area contributed by atoms with Crippen LogP contribution in [-0.4, -0.2) is 35.5 Å². The van der Waals surface area contributed by atoms with Gasteiger partial charge in [-0.15, -0.1) is 0 Å². The molecule has 0 aliphatic rings. The Kier molecular flexibility index (Phi) is 8.72. The van der Waals surface area contributed by atoms with Gasteiger partial charge in [0.2, 0.25) is 11.8 Å². The van der Waals surface area contributed by atoms with Gasteiger partial charge in [-0.05, 0) is 36.5 Å². The summed E-state index contributed by atoms with van der Waals surface area (Å²) in [5, 5.41) is 15.0. The molecule has 1 aromatic carbocycles. The van der Waals surface area contributed by atoms with Crippen molar-refractivity contribution in [3.05, 3.63) is 33.8 Å². The summed E-state index contributed by atoms with van der Waals surface area (Å²) in [7, 11) is 0. The summed E-state index contributed by atoms with van der Waals surface area (Å²) in [5.74, 6) is -1.83. The van der Waals surface area contributed by atoms with E-state index in [4.69, 9.17) is 28.3 Å². The summed E-state index contributed by atoms with van der Waals surface area (Å²) in [5.41, 5.74) is 0.786. The van der Waals surface area contributed by atoms with E-state index < -0.39 is 17.9 Å². The fourth-order valence-electron chi connectivity index (χ4n) is 2.18. The van der Waals surface area contributed by atoms with Crippen LogP contribution in [0, 0.1) is 5.92 Å². The van der Waals surface area contributed by atoms with Crippen LogP contribution in [-0.2, 0) is 20.8 Å². The summed E-state index contributed by atoms with van der Waals surface area (Å²) in [6.45, 7) is 3.46. The highest BCUT2D eigenvalue weighted by Crippen LogP contribution is 2.21. The number of carboxylic acid groups (broad SMARTS) is 1. The topological polar surface area (TPSA) is 95.5 Å². The van der Waals surface area contributed by atoms with Crippen LogP contribution in [0.3, 0.4) is 0 Å². The lowest BCUT2D eigenvalue weighted by Gasteiger charge is -2.16. The number of aryl methyl sites for hydroxylation is 1. The predicted molar refractivity (Wildman–Crippen MR) is 96.8 cm³/mol. The smallest absolute Gasteiger partial charge is 0.326 e. The number of nitrogens with one attached hydrogen (secondary N) is 2. The van der Waals surface area contributed by atoms with Crippen LogP contribution in [0.15, 0.2) is 18.2 Å². The molecule has 25 heavy (non-hydrogen) atoms. The second kappa shape index (κ2) is 10.3. The molecule has 138 valence electrons. The highest BCUT2D eigenvalue weighted by Gasteiger charge is 2.21. The number of halogens is 2. The molecule has 0 fully saturated rings. The van der Waals surface area contributed by atoms with E-state index in [2.05, 4.69) is 10.6 Å². The first kappa shape index (κ1) is 21.3. The van der Waals surface area contributed by atoms with Crippen molar-refractivity contribution in [2.75, 3.05) is 6.54 Å². The molecule has 0 aliphatic carbocycles. The van der Waals surface area contributed by atoms with E-state index in [0.29, 0.717) is 22.9 Å². The van der Waals surface area contributed by atoms with E-state index in [-0.39, 0.29) is 24.8 Å². The van der Waals surface area contributed by atoms with Crippen LogP contribution >= 0.6 is 23.2 Å². The Morgan fingerprint density at radius 1 is 1.16 bits per heavy atom. The first-order valence-corrected chi connectivity index (χ1v) is 8.67. The second-order valence-corrected chi connectivity index (χ2v) is 6.94. The average Bonchev–Trinajstić information content (AvgIpc) is 2.51. The summed E-state index contributed by atoms with van der Waals surface area (Å²) in [4.78, 5) is 34.7. The third-order valence-electron chi connectivity index (χ3n) is 3.42. The number of carbonyl (C=O) groups is 3. The van der Waals surface area contributed by atoms with Gasteiger partial charge in [0.05, 0.1) is 6.54 Å². The molecule has 8 heteroatoms. The highest BCUT2D eigenvalue weighted by molar-refractivity contribution is 6.35.